The van der Waals surface area contributed by atoms with E-state index in [1.54, 1.807) is 36.4 Å². The Balaban J connectivity index is 2.08. The number of halogens is 2. The lowest BCUT2D eigenvalue weighted by atomic mass is 9.92. The van der Waals surface area contributed by atoms with Gasteiger partial charge >= 0.3 is 0 Å². The molecule has 0 saturated heterocycles. The smallest absolute Gasteiger partial charge is 0.278 e. The van der Waals surface area contributed by atoms with Crippen molar-refractivity contribution in [3.05, 3.63) is 83.6 Å². The van der Waals surface area contributed by atoms with Crippen molar-refractivity contribution >= 4 is 27.2 Å². The van der Waals surface area contributed by atoms with Gasteiger partial charge in [-0.1, -0.05) is 42.5 Å². The van der Waals surface area contributed by atoms with Crippen molar-refractivity contribution in [2.45, 2.75) is 0 Å². The molecule has 0 spiro atoms. The zero-order valence-corrected chi connectivity index (χ0v) is 14.4. The molecule has 3 nitrogen and oxygen atoms in total. The third kappa shape index (κ3) is 2.72. The molecule has 1 aromatic heterocycles. The lowest BCUT2D eigenvalue weighted by Crippen LogP contribution is -1.94. The van der Waals surface area contributed by atoms with Gasteiger partial charge in [0.15, 0.2) is 0 Å². The maximum atomic E-state index is 14.2. The van der Waals surface area contributed by atoms with Crippen LogP contribution in [0.1, 0.15) is 16.8 Å². The van der Waals surface area contributed by atoms with Crippen LogP contribution in [-0.2, 0) is 0 Å². The van der Waals surface area contributed by atoms with Crippen molar-refractivity contribution in [1.29, 1.82) is 5.26 Å². The van der Waals surface area contributed by atoms with Crippen molar-refractivity contribution < 1.29 is 13.5 Å². The molecule has 0 aliphatic carbocycles. The fourth-order valence-electron chi connectivity index (χ4n) is 3.42. The van der Waals surface area contributed by atoms with E-state index in [4.69, 9.17) is 4.74 Å². The molecular weight excluding hydrogens is 346 g/mol. The van der Waals surface area contributed by atoms with Crippen molar-refractivity contribution in [2.75, 3.05) is 7.11 Å². The van der Waals surface area contributed by atoms with E-state index in [1.165, 1.54) is 7.11 Å². The van der Waals surface area contributed by atoms with Gasteiger partial charge in [-0.05, 0) is 28.5 Å². The summed E-state index contributed by atoms with van der Waals surface area (Å²) in [5, 5.41) is 11.7. The van der Waals surface area contributed by atoms with Crippen LogP contribution in [0.5, 0.6) is 5.75 Å². The predicted octanol–water partition coefficient (Wildman–Crippen LogP) is 5.86. The minimum absolute atomic E-state index is 0.0917. The highest BCUT2D eigenvalue weighted by Gasteiger charge is 2.23. The van der Waals surface area contributed by atoms with Crippen LogP contribution in [0.3, 0.4) is 0 Å². The summed E-state index contributed by atoms with van der Waals surface area (Å²) in [4.78, 5) is 2.93. The summed E-state index contributed by atoms with van der Waals surface area (Å²) in [6, 6.07) is 19.7. The molecule has 0 bridgehead atoms. The van der Waals surface area contributed by atoms with E-state index in [0.717, 1.165) is 5.39 Å². The lowest BCUT2D eigenvalue weighted by Gasteiger charge is -2.11. The fourth-order valence-corrected chi connectivity index (χ4v) is 3.42. The summed E-state index contributed by atoms with van der Waals surface area (Å²) in [5.74, 6) is 0.580. The Bertz CT molecular complexity index is 1240. The summed E-state index contributed by atoms with van der Waals surface area (Å²) in [7, 11) is 1.53. The van der Waals surface area contributed by atoms with E-state index < -0.39 is 6.08 Å². The number of H-pyrrole nitrogens is 1. The Labute approximate surface area is 154 Å². The maximum absolute atomic E-state index is 14.2. The number of nitrogens with zero attached hydrogens (tertiary/aromatic N) is 1. The van der Waals surface area contributed by atoms with Gasteiger partial charge in [0.25, 0.3) is 6.08 Å². The Morgan fingerprint density at radius 2 is 1.78 bits per heavy atom. The van der Waals surface area contributed by atoms with E-state index in [0.29, 0.717) is 27.6 Å². The summed E-state index contributed by atoms with van der Waals surface area (Å²) >= 11 is 0. The zero-order valence-electron chi connectivity index (χ0n) is 14.4. The number of nitriles is 1. The van der Waals surface area contributed by atoms with Gasteiger partial charge in [-0.15, -0.1) is 0 Å². The molecule has 0 radical (unpaired) electrons. The van der Waals surface area contributed by atoms with E-state index in [2.05, 4.69) is 4.98 Å². The second-order valence-electron chi connectivity index (χ2n) is 6.06. The minimum Gasteiger partial charge on any atom is -0.497 e. The maximum Gasteiger partial charge on any atom is 0.278 e. The van der Waals surface area contributed by atoms with Crippen LogP contribution >= 0.6 is 0 Å². The molecule has 0 fully saturated rings. The van der Waals surface area contributed by atoms with Gasteiger partial charge < -0.3 is 9.72 Å². The Hall–Kier alpha value is -3.65. The van der Waals surface area contributed by atoms with Crippen LogP contribution in [0.2, 0.25) is 0 Å². The van der Waals surface area contributed by atoms with Crippen LogP contribution in [0.15, 0.2) is 66.7 Å². The van der Waals surface area contributed by atoms with E-state index in [-0.39, 0.29) is 16.8 Å². The normalized spacial score (nSPS) is 10.7. The fraction of sp³-hybridized carbons (Fsp3) is 0.0455. The molecule has 1 N–H and O–H groups in total. The van der Waals surface area contributed by atoms with E-state index in [1.807, 2.05) is 30.3 Å². The molecule has 5 heteroatoms. The van der Waals surface area contributed by atoms with Crippen molar-refractivity contribution in [2.24, 2.45) is 0 Å². The van der Waals surface area contributed by atoms with E-state index in [9.17, 15) is 14.0 Å². The standard InChI is InChI=1S/C22H14F2N2O/c1-27-14-9-10-17-18(11-14)26-19(12-25)20(17)21(22(23)24)16-8-4-6-13-5-2-3-7-15(13)16/h2-11,26H,1H3. The first-order valence-electron chi connectivity index (χ1n) is 8.27. The van der Waals surface area contributed by atoms with Gasteiger partial charge in [-0.2, -0.15) is 14.0 Å². The summed E-state index contributed by atoms with van der Waals surface area (Å²) in [6.45, 7) is 0. The lowest BCUT2D eigenvalue weighted by molar-refractivity contribution is 0.415. The molecular formula is C22H14F2N2O. The number of ether oxygens (including phenoxy) is 1. The molecule has 0 aliphatic heterocycles. The number of hydrogen-bond acceptors (Lipinski definition) is 2. The third-order valence-corrected chi connectivity index (χ3v) is 4.62. The average Bonchev–Trinajstić information content (AvgIpc) is 3.05. The molecule has 3 aromatic carbocycles. The number of methoxy groups -OCH3 is 1. The Morgan fingerprint density at radius 1 is 1.00 bits per heavy atom. The Kier molecular flexibility index (Phi) is 4.09. The van der Waals surface area contributed by atoms with Crippen molar-refractivity contribution in [3.8, 4) is 11.8 Å². The highest BCUT2D eigenvalue weighted by molar-refractivity contribution is 6.05. The second kappa shape index (κ2) is 6.58. The zero-order chi connectivity index (χ0) is 19.0. The molecule has 1 heterocycles. The second-order valence-corrected chi connectivity index (χ2v) is 6.06. The average molecular weight is 360 g/mol. The number of nitrogens with one attached hydrogen (secondary N) is 1. The number of rotatable bonds is 3. The van der Waals surface area contributed by atoms with Crippen molar-refractivity contribution in [3.63, 3.8) is 0 Å². The quantitative estimate of drug-likeness (QED) is 0.498. The number of benzene rings is 3. The van der Waals surface area contributed by atoms with Crippen molar-refractivity contribution in [1.82, 2.24) is 4.98 Å². The minimum atomic E-state index is -1.83. The van der Waals surface area contributed by atoms with Gasteiger partial charge in [0, 0.05) is 17.0 Å². The highest BCUT2D eigenvalue weighted by atomic mass is 19.3. The molecule has 0 atom stereocenters. The molecule has 27 heavy (non-hydrogen) atoms. The van der Waals surface area contributed by atoms with Crippen LogP contribution in [0.4, 0.5) is 8.78 Å². The number of aromatic nitrogens is 1. The molecule has 0 unspecified atom stereocenters. The van der Waals surface area contributed by atoms with Gasteiger partial charge in [-0.3, -0.25) is 0 Å². The van der Waals surface area contributed by atoms with Crippen LogP contribution < -0.4 is 4.74 Å². The number of aromatic amines is 1. The number of fused-ring (bicyclic) bond motifs is 2. The largest absolute Gasteiger partial charge is 0.497 e. The summed E-state index contributed by atoms with van der Waals surface area (Å²) in [5.41, 5.74) is 1.02. The van der Waals surface area contributed by atoms with E-state index >= 15 is 0 Å². The highest BCUT2D eigenvalue weighted by Crippen LogP contribution is 2.39. The molecule has 4 rings (SSSR count). The third-order valence-electron chi connectivity index (χ3n) is 4.62. The molecule has 0 amide bonds. The molecule has 132 valence electrons. The molecule has 4 aromatic rings. The summed E-state index contributed by atoms with van der Waals surface area (Å²) < 4.78 is 33.6. The first kappa shape index (κ1) is 16.8. The monoisotopic (exact) mass is 360 g/mol. The Morgan fingerprint density at radius 3 is 2.52 bits per heavy atom. The summed E-state index contributed by atoms with van der Waals surface area (Å²) in [6.07, 6.45) is -1.83. The van der Waals surface area contributed by atoms with Gasteiger partial charge in [-0.25, -0.2) is 0 Å². The molecule has 0 saturated carbocycles. The van der Waals surface area contributed by atoms with Gasteiger partial charge in [0.1, 0.15) is 17.5 Å². The molecule has 0 aliphatic rings. The first-order valence-corrected chi connectivity index (χ1v) is 8.27. The number of hydrogen-bond donors (Lipinski definition) is 1. The van der Waals surface area contributed by atoms with Crippen LogP contribution in [0.25, 0.3) is 27.2 Å². The van der Waals surface area contributed by atoms with Crippen LogP contribution in [-0.4, -0.2) is 12.1 Å². The van der Waals surface area contributed by atoms with Gasteiger partial charge in [0.2, 0.25) is 0 Å². The van der Waals surface area contributed by atoms with Crippen LogP contribution in [0, 0.1) is 11.3 Å². The SMILES string of the molecule is COc1ccc2c(C(=C(F)F)c3cccc4ccccc34)c(C#N)[nH]c2c1. The first-order chi connectivity index (χ1) is 13.1. The predicted molar refractivity (Wildman–Crippen MR) is 102 cm³/mol. The van der Waals surface area contributed by atoms with Gasteiger partial charge in [0.05, 0.1) is 18.2 Å². The topological polar surface area (TPSA) is 48.8 Å².